The van der Waals surface area contributed by atoms with Crippen molar-refractivity contribution in [1.29, 1.82) is 0 Å². The first-order valence-corrected chi connectivity index (χ1v) is 7.59. The quantitative estimate of drug-likeness (QED) is 0.368. The van der Waals surface area contributed by atoms with Crippen LogP contribution >= 0.6 is 0 Å². The molecule has 124 valence electrons. The molecule has 2 aromatic carbocycles. The molecule has 0 atom stereocenters. The summed E-state index contributed by atoms with van der Waals surface area (Å²) >= 11 is 0. The van der Waals surface area contributed by atoms with Gasteiger partial charge in [0, 0.05) is 0 Å². The van der Waals surface area contributed by atoms with Crippen LogP contribution in [0.1, 0.15) is 24.0 Å². The zero-order chi connectivity index (χ0) is 15.0. The fourth-order valence-electron chi connectivity index (χ4n) is 2.44. The maximum atomic E-state index is 3.28. The minimum atomic E-state index is 0. The van der Waals surface area contributed by atoms with E-state index in [0.717, 1.165) is 12.8 Å². The minimum Gasteiger partial charge on any atom is -1.00 e. The fraction of sp³-hybridized carbons (Fsp3) is 0.0909. The summed E-state index contributed by atoms with van der Waals surface area (Å²) in [5.41, 5.74) is 4.98. The molecule has 0 heterocycles. The van der Waals surface area contributed by atoms with Gasteiger partial charge in [-0.3, -0.25) is 0 Å². The van der Waals surface area contributed by atoms with Crippen molar-refractivity contribution in [2.45, 2.75) is 12.8 Å². The Bertz CT molecular complexity index is 664. The van der Waals surface area contributed by atoms with Crippen LogP contribution in [0.25, 0.3) is 11.1 Å². The summed E-state index contributed by atoms with van der Waals surface area (Å²) < 4.78 is 0. The first kappa shape index (κ1) is 23.9. The van der Waals surface area contributed by atoms with Crippen molar-refractivity contribution >= 4 is 11.1 Å². The van der Waals surface area contributed by atoms with E-state index in [1.165, 1.54) is 22.3 Å². The van der Waals surface area contributed by atoms with Crippen molar-refractivity contribution in [1.82, 2.24) is 0 Å². The van der Waals surface area contributed by atoms with Gasteiger partial charge in [-0.2, -0.15) is 35.5 Å². The van der Waals surface area contributed by atoms with Gasteiger partial charge >= 0.3 is 25.8 Å². The summed E-state index contributed by atoms with van der Waals surface area (Å²) in [5.74, 6) is 0. The topological polar surface area (TPSA) is 0 Å². The van der Waals surface area contributed by atoms with Crippen LogP contribution in [0.15, 0.2) is 85.0 Å². The predicted octanol–water partition coefficient (Wildman–Crippen LogP) is -0.328. The standard InChI is InChI=1S/2C11H9.2ClH.Hf/c2*1-2-6-10(7-3-1)11-8-4-5-9-11;;;/h2*1-4,6-8H,5H2;2*1H;/q2*-1;;;+4/p-2. The molecule has 2 aromatic rings. The zero-order valence-electron chi connectivity index (χ0n) is 13.8. The van der Waals surface area contributed by atoms with Crippen LogP contribution in [0.2, 0.25) is 0 Å². The molecule has 0 bridgehead atoms. The van der Waals surface area contributed by atoms with Crippen molar-refractivity contribution < 1.29 is 50.7 Å². The maximum absolute atomic E-state index is 3.28. The molecular weight excluding hydrogens is 514 g/mol. The van der Waals surface area contributed by atoms with Gasteiger partial charge in [-0.25, -0.2) is 0 Å². The van der Waals surface area contributed by atoms with E-state index in [4.69, 9.17) is 0 Å². The van der Waals surface area contributed by atoms with E-state index in [9.17, 15) is 0 Å². The summed E-state index contributed by atoms with van der Waals surface area (Å²) in [6.45, 7) is 0. The van der Waals surface area contributed by atoms with Gasteiger partial charge in [-0.05, 0) is 0 Å². The number of hydrogen-bond acceptors (Lipinski definition) is 0. The van der Waals surface area contributed by atoms with Crippen molar-refractivity contribution in [3.8, 4) is 0 Å². The summed E-state index contributed by atoms with van der Waals surface area (Å²) in [6, 6.07) is 20.7. The molecule has 0 aromatic heterocycles. The molecule has 25 heavy (non-hydrogen) atoms. The van der Waals surface area contributed by atoms with Crippen molar-refractivity contribution in [3.63, 3.8) is 0 Å². The number of hydrogen-bond donors (Lipinski definition) is 0. The zero-order valence-corrected chi connectivity index (χ0v) is 18.9. The van der Waals surface area contributed by atoms with E-state index in [2.05, 4.69) is 85.0 Å². The third kappa shape index (κ3) is 7.32. The Morgan fingerprint density at radius 3 is 1.20 bits per heavy atom. The Morgan fingerprint density at radius 1 is 0.560 bits per heavy atom. The van der Waals surface area contributed by atoms with Gasteiger partial charge in [0.25, 0.3) is 0 Å². The van der Waals surface area contributed by atoms with E-state index >= 15 is 0 Å². The maximum Gasteiger partial charge on any atom is 4.00 e. The minimum absolute atomic E-state index is 0. The molecule has 0 aliphatic heterocycles. The molecule has 0 unspecified atom stereocenters. The first-order chi connectivity index (χ1) is 10.9. The molecule has 2 aliphatic carbocycles. The molecule has 0 saturated heterocycles. The monoisotopic (exact) mass is 532 g/mol. The fourth-order valence-corrected chi connectivity index (χ4v) is 2.44. The Hall–Kier alpha value is -1.15. The Kier molecular flexibility index (Phi) is 12.5. The first-order valence-electron chi connectivity index (χ1n) is 7.59. The van der Waals surface area contributed by atoms with Crippen LogP contribution < -0.4 is 24.8 Å². The van der Waals surface area contributed by atoms with Crippen LogP contribution in [0.5, 0.6) is 0 Å². The van der Waals surface area contributed by atoms with Gasteiger partial charge in [0.2, 0.25) is 0 Å². The van der Waals surface area contributed by atoms with Gasteiger partial charge in [0.1, 0.15) is 0 Å². The second kappa shape index (κ2) is 13.1. The molecule has 0 radical (unpaired) electrons. The van der Waals surface area contributed by atoms with Gasteiger partial charge in [0.15, 0.2) is 0 Å². The molecule has 0 amide bonds. The summed E-state index contributed by atoms with van der Waals surface area (Å²) in [7, 11) is 0. The second-order valence-corrected chi connectivity index (χ2v) is 5.13. The molecule has 3 heteroatoms. The van der Waals surface area contributed by atoms with Crippen molar-refractivity contribution in [2.24, 2.45) is 0 Å². The Balaban J connectivity index is 0.000000411. The number of halogens is 2. The SMILES string of the molecule is [C-]1=C(c2ccccc2)C=CC1.[C-]1=C(c2ccccc2)C=CC1.[Cl-].[Cl-].[Hf+4]. The molecular formula is C22H18Cl2Hf. The van der Waals surface area contributed by atoms with E-state index in [-0.39, 0.29) is 50.7 Å². The average molecular weight is 532 g/mol. The van der Waals surface area contributed by atoms with Gasteiger partial charge in [0.05, 0.1) is 0 Å². The van der Waals surface area contributed by atoms with E-state index in [0.29, 0.717) is 0 Å². The summed E-state index contributed by atoms with van der Waals surface area (Å²) in [6.07, 6.45) is 17.0. The van der Waals surface area contributed by atoms with Crippen molar-refractivity contribution in [3.05, 3.63) is 108 Å². The Morgan fingerprint density at radius 2 is 0.920 bits per heavy atom. The average Bonchev–Trinajstić information content (AvgIpc) is 3.31. The summed E-state index contributed by atoms with van der Waals surface area (Å²) in [4.78, 5) is 0. The summed E-state index contributed by atoms with van der Waals surface area (Å²) in [5, 5.41) is 0. The normalized spacial score (nSPS) is 13.3. The number of allylic oxidation sites excluding steroid dienone is 8. The molecule has 4 rings (SSSR count). The molecule has 2 aliphatic rings. The third-order valence-corrected chi connectivity index (χ3v) is 3.56. The van der Waals surface area contributed by atoms with Crippen LogP contribution in [0.3, 0.4) is 0 Å². The Labute approximate surface area is 182 Å². The molecule has 0 fully saturated rings. The smallest absolute Gasteiger partial charge is 1.00 e. The molecule has 0 saturated carbocycles. The van der Waals surface area contributed by atoms with Gasteiger partial charge in [-0.1, -0.05) is 49.2 Å². The van der Waals surface area contributed by atoms with Gasteiger partial charge < -0.3 is 24.8 Å². The van der Waals surface area contributed by atoms with E-state index < -0.39 is 0 Å². The van der Waals surface area contributed by atoms with Crippen LogP contribution in [0.4, 0.5) is 0 Å². The van der Waals surface area contributed by atoms with Crippen LogP contribution in [-0.4, -0.2) is 0 Å². The van der Waals surface area contributed by atoms with Crippen molar-refractivity contribution in [2.75, 3.05) is 0 Å². The molecule has 0 nitrogen and oxygen atoms in total. The van der Waals surface area contributed by atoms with E-state index in [1.54, 1.807) is 0 Å². The third-order valence-electron chi connectivity index (χ3n) is 3.56. The molecule has 0 N–H and O–H groups in total. The van der Waals surface area contributed by atoms with Gasteiger partial charge in [-0.15, -0.1) is 47.5 Å². The number of rotatable bonds is 2. The van der Waals surface area contributed by atoms with E-state index in [1.807, 2.05) is 12.1 Å². The van der Waals surface area contributed by atoms with Crippen LogP contribution in [-0.2, 0) is 25.8 Å². The second-order valence-electron chi connectivity index (χ2n) is 5.13. The largest absolute Gasteiger partial charge is 4.00 e. The number of benzene rings is 2. The molecule has 0 spiro atoms. The van der Waals surface area contributed by atoms with Crippen LogP contribution in [0, 0.1) is 12.2 Å². The predicted molar refractivity (Wildman–Crippen MR) is 93.7 cm³/mol.